The molecule has 0 amide bonds. The molecule has 0 unspecified atom stereocenters. The van der Waals surface area contributed by atoms with Gasteiger partial charge in [-0.1, -0.05) is 26.7 Å². The lowest BCUT2D eigenvalue weighted by atomic mass is 9.86. The Morgan fingerprint density at radius 1 is 1.13 bits per heavy atom. The molecular formula is C13H25NO. The van der Waals surface area contributed by atoms with Crippen LogP contribution in [0.15, 0.2) is 0 Å². The summed E-state index contributed by atoms with van der Waals surface area (Å²) in [5.41, 5.74) is 0.746. The van der Waals surface area contributed by atoms with E-state index < -0.39 is 0 Å². The average Bonchev–Trinajstić information content (AvgIpc) is 2.75. The normalized spacial score (nSPS) is 29.8. The molecule has 0 radical (unpaired) electrons. The zero-order chi connectivity index (χ0) is 10.9. The number of hydrogen-bond donors (Lipinski definition) is 1. The Balaban J connectivity index is 1.91. The molecule has 0 aromatic heterocycles. The molecule has 1 aliphatic heterocycles. The first-order chi connectivity index (χ1) is 7.05. The molecule has 2 aliphatic rings. The molecule has 1 aliphatic carbocycles. The summed E-state index contributed by atoms with van der Waals surface area (Å²) in [6.07, 6.45) is 6.42. The Bertz CT molecular complexity index is 219. The van der Waals surface area contributed by atoms with E-state index in [4.69, 9.17) is 0 Å². The maximum Gasteiger partial charge on any atom is 0.0499 e. The first-order valence-electron chi connectivity index (χ1n) is 6.39. The Labute approximate surface area is 93.7 Å². The highest BCUT2D eigenvalue weighted by atomic mass is 16.3. The van der Waals surface area contributed by atoms with Crippen molar-refractivity contribution < 1.29 is 5.11 Å². The molecule has 0 bridgehead atoms. The van der Waals surface area contributed by atoms with Gasteiger partial charge >= 0.3 is 0 Å². The molecular weight excluding hydrogens is 186 g/mol. The van der Waals surface area contributed by atoms with Gasteiger partial charge in [-0.25, -0.2) is 0 Å². The Kier molecular flexibility index (Phi) is 3.09. The highest BCUT2D eigenvalue weighted by Gasteiger charge is 2.38. The molecule has 2 fully saturated rings. The summed E-state index contributed by atoms with van der Waals surface area (Å²) >= 11 is 0. The third kappa shape index (κ3) is 2.54. The number of aliphatic hydroxyl groups is 1. The number of rotatable bonds is 3. The molecule has 0 spiro atoms. The summed E-state index contributed by atoms with van der Waals surface area (Å²) in [7, 11) is 0. The van der Waals surface area contributed by atoms with Crippen molar-refractivity contribution in [3.63, 3.8) is 0 Å². The van der Waals surface area contributed by atoms with Crippen molar-refractivity contribution in [1.82, 2.24) is 4.90 Å². The number of nitrogens with zero attached hydrogens (tertiary/aromatic N) is 1. The van der Waals surface area contributed by atoms with Gasteiger partial charge in [-0.2, -0.15) is 0 Å². The van der Waals surface area contributed by atoms with Crippen LogP contribution in [0.5, 0.6) is 0 Å². The van der Waals surface area contributed by atoms with Crippen LogP contribution in [0, 0.1) is 10.8 Å². The third-order valence-electron chi connectivity index (χ3n) is 4.32. The van der Waals surface area contributed by atoms with Crippen LogP contribution >= 0.6 is 0 Å². The monoisotopic (exact) mass is 211 g/mol. The van der Waals surface area contributed by atoms with Crippen molar-refractivity contribution in [2.75, 3.05) is 26.2 Å². The third-order valence-corrected chi connectivity index (χ3v) is 4.32. The molecule has 88 valence electrons. The summed E-state index contributed by atoms with van der Waals surface area (Å²) < 4.78 is 0. The van der Waals surface area contributed by atoms with Gasteiger partial charge in [0.15, 0.2) is 0 Å². The van der Waals surface area contributed by atoms with Crippen molar-refractivity contribution in [2.45, 2.75) is 46.0 Å². The molecule has 1 saturated heterocycles. The lowest BCUT2D eigenvalue weighted by molar-refractivity contribution is 0.0844. The van der Waals surface area contributed by atoms with E-state index in [1.807, 2.05) is 0 Å². The van der Waals surface area contributed by atoms with E-state index >= 15 is 0 Å². The van der Waals surface area contributed by atoms with Crippen LogP contribution in [-0.2, 0) is 0 Å². The predicted molar refractivity (Wildman–Crippen MR) is 62.8 cm³/mol. The Hall–Kier alpha value is -0.0800. The van der Waals surface area contributed by atoms with Crippen LogP contribution in [0.25, 0.3) is 0 Å². The second kappa shape index (κ2) is 4.06. The number of likely N-dealkylation sites (tertiary alicyclic amines) is 1. The summed E-state index contributed by atoms with van der Waals surface area (Å²) in [5.74, 6) is 0. The fraction of sp³-hybridized carbons (Fsp3) is 1.00. The van der Waals surface area contributed by atoms with E-state index in [1.54, 1.807) is 0 Å². The van der Waals surface area contributed by atoms with E-state index in [1.165, 1.54) is 45.2 Å². The van der Waals surface area contributed by atoms with Gasteiger partial charge < -0.3 is 10.0 Å². The summed E-state index contributed by atoms with van der Waals surface area (Å²) in [6.45, 7) is 8.68. The number of hydrogen-bond acceptors (Lipinski definition) is 2. The fourth-order valence-electron chi connectivity index (χ4n) is 3.32. The van der Waals surface area contributed by atoms with E-state index in [9.17, 15) is 5.11 Å². The maximum atomic E-state index is 9.58. The van der Waals surface area contributed by atoms with Gasteiger partial charge in [0.1, 0.15) is 0 Å². The number of aliphatic hydroxyl groups excluding tert-OH is 1. The smallest absolute Gasteiger partial charge is 0.0499 e. The van der Waals surface area contributed by atoms with Crippen molar-refractivity contribution in [3.8, 4) is 0 Å². The average molecular weight is 211 g/mol. The maximum absolute atomic E-state index is 9.58. The molecule has 0 aromatic rings. The SMILES string of the molecule is CC1(C)CCN(CC2(CO)CCCC2)C1. The van der Waals surface area contributed by atoms with E-state index in [-0.39, 0.29) is 5.41 Å². The first-order valence-corrected chi connectivity index (χ1v) is 6.39. The van der Waals surface area contributed by atoms with Crippen molar-refractivity contribution in [1.29, 1.82) is 0 Å². The molecule has 2 rings (SSSR count). The molecule has 1 heterocycles. The zero-order valence-electron chi connectivity index (χ0n) is 10.3. The van der Waals surface area contributed by atoms with E-state index in [0.717, 1.165) is 6.54 Å². The summed E-state index contributed by atoms with van der Waals surface area (Å²) in [4.78, 5) is 2.57. The second-order valence-electron chi connectivity index (χ2n) is 6.49. The molecule has 2 heteroatoms. The van der Waals surface area contributed by atoms with Crippen LogP contribution in [0.1, 0.15) is 46.0 Å². The van der Waals surface area contributed by atoms with Crippen molar-refractivity contribution in [2.24, 2.45) is 10.8 Å². The molecule has 1 N–H and O–H groups in total. The molecule has 0 atom stereocenters. The second-order valence-corrected chi connectivity index (χ2v) is 6.49. The Morgan fingerprint density at radius 2 is 1.80 bits per heavy atom. The van der Waals surface area contributed by atoms with Gasteiger partial charge in [-0.05, 0) is 31.2 Å². The van der Waals surface area contributed by atoms with Crippen LogP contribution < -0.4 is 0 Å². The predicted octanol–water partition coefficient (Wildman–Crippen LogP) is 2.27. The highest BCUT2D eigenvalue weighted by Crippen LogP contribution is 2.40. The lowest BCUT2D eigenvalue weighted by Gasteiger charge is -2.32. The summed E-state index contributed by atoms with van der Waals surface area (Å²) in [5, 5.41) is 9.58. The van der Waals surface area contributed by atoms with E-state index in [2.05, 4.69) is 18.7 Å². The molecule has 2 nitrogen and oxygen atoms in total. The van der Waals surface area contributed by atoms with Crippen LogP contribution in [0.2, 0.25) is 0 Å². The molecule has 15 heavy (non-hydrogen) atoms. The first kappa shape index (κ1) is 11.4. The minimum absolute atomic E-state index is 0.250. The molecule has 0 aromatic carbocycles. The topological polar surface area (TPSA) is 23.5 Å². The van der Waals surface area contributed by atoms with Crippen LogP contribution in [0.3, 0.4) is 0 Å². The van der Waals surface area contributed by atoms with E-state index in [0.29, 0.717) is 12.0 Å². The largest absolute Gasteiger partial charge is 0.396 e. The van der Waals surface area contributed by atoms with Crippen LogP contribution in [-0.4, -0.2) is 36.2 Å². The zero-order valence-corrected chi connectivity index (χ0v) is 10.3. The van der Waals surface area contributed by atoms with Gasteiger partial charge in [0.2, 0.25) is 0 Å². The standard InChI is InChI=1S/C13H25NO/c1-12(2)7-8-14(9-12)10-13(11-15)5-3-4-6-13/h15H,3-11H2,1-2H3. The quantitative estimate of drug-likeness (QED) is 0.774. The summed E-state index contributed by atoms with van der Waals surface area (Å²) in [6, 6.07) is 0. The lowest BCUT2D eigenvalue weighted by Crippen LogP contribution is -2.38. The minimum Gasteiger partial charge on any atom is -0.396 e. The van der Waals surface area contributed by atoms with Crippen molar-refractivity contribution in [3.05, 3.63) is 0 Å². The Morgan fingerprint density at radius 3 is 2.27 bits per heavy atom. The minimum atomic E-state index is 0.250. The van der Waals surface area contributed by atoms with Crippen LogP contribution in [0.4, 0.5) is 0 Å². The highest BCUT2D eigenvalue weighted by molar-refractivity contribution is 4.91. The van der Waals surface area contributed by atoms with Gasteiger partial charge in [0.25, 0.3) is 0 Å². The molecule has 1 saturated carbocycles. The van der Waals surface area contributed by atoms with Gasteiger partial charge in [-0.15, -0.1) is 0 Å². The van der Waals surface area contributed by atoms with Gasteiger partial charge in [0, 0.05) is 25.1 Å². The fourth-order valence-corrected chi connectivity index (χ4v) is 3.32. The van der Waals surface area contributed by atoms with Gasteiger partial charge in [-0.3, -0.25) is 0 Å². The van der Waals surface area contributed by atoms with Gasteiger partial charge in [0.05, 0.1) is 0 Å². The van der Waals surface area contributed by atoms with Crippen molar-refractivity contribution >= 4 is 0 Å².